The van der Waals surface area contributed by atoms with Crippen molar-refractivity contribution in [2.45, 2.75) is 38.8 Å². The van der Waals surface area contributed by atoms with Gasteiger partial charge in [0.2, 0.25) is 5.91 Å². The molecule has 0 radical (unpaired) electrons. The Labute approximate surface area is 148 Å². The van der Waals surface area contributed by atoms with Gasteiger partial charge >= 0.3 is 0 Å². The number of fused-ring (bicyclic) bond motifs is 1. The second-order valence-corrected chi connectivity index (χ2v) is 6.50. The first kappa shape index (κ1) is 17.2. The van der Waals surface area contributed by atoms with Crippen molar-refractivity contribution in [2.24, 2.45) is 5.73 Å². The topological polar surface area (TPSA) is 70.9 Å². The van der Waals surface area contributed by atoms with E-state index in [1.807, 2.05) is 37.4 Å². The van der Waals surface area contributed by atoms with Gasteiger partial charge in [0, 0.05) is 17.1 Å². The SMILES string of the molecule is CCc1ccc(C(C)NC(=O)[C@@H](N)Cc2c[nH]c3ccccc23)cc1. The van der Waals surface area contributed by atoms with Crippen molar-refractivity contribution in [3.05, 3.63) is 71.4 Å². The predicted octanol–water partition coefficient (Wildman–Crippen LogP) is 3.48. The van der Waals surface area contributed by atoms with Crippen LogP contribution in [0.5, 0.6) is 0 Å². The van der Waals surface area contributed by atoms with Gasteiger partial charge in [-0.05, 0) is 42.5 Å². The van der Waals surface area contributed by atoms with Crippen molar-refractivity contribution in [1.82, 2.24) is 10.3 Å². The number of rotatable bonds is 6. The monoisotopic (exact) mass is 335 g/mol. The summed E-state index contributed by atoms with van der Waals surface area (Å²) in [5.41, 5.74) is 10.7. The van der Waals surface area contributed by atoms with Crippen LogP contribution in [0.15, 0.2) is 54.7 Å². The maximum Gasteiger partial charge on any atom is 0.237 e. The van der Waals surface area contributed by atoms with E-state index in [0.717, 1.165) is 28.5 Å². The molecule has 1 amide bonds. The molecule has 3 aromatic rings. The molecule has 1 heterocycles. The van der Waals surface area contributed by atoms with Gasteiger partial charge in [0.1, 0.15) is 0 Å². The number of benzene rings is 2. The summed E-state index contributed by atoms with van der Waals surface area (Å²) in [6.07, 6.45) is 3.46. The van der Waals surface area contributed by atoms with E-state index >= 15 is 0 Å². The summed E-state index contributed by atoms with van der Waals surface area (Å²) in [6, 6.07) is 15.7. The predicted molar refractivity (Wildman–Crippen MR) is 102 cm³/mol. The van der Waals surface area contributed by atoms with Crippen molar-refractivity contribution in [1.29, 1.82) is 0 Å². The molecule has 4 N–H and O–H groups in total. The average molecular weight is 335 g/mol. The molecule has 4 heteroatoms. The smallest absolute Gasteiger partial charge is 0.237 e. The molecule has 2 atom stereocenters. The molecule has 1 aromatic heterocycles. The van der Waals surface area contributed by atoms with Crippen LogP contribution in [0.25, 0.3) is 10.9 Å². The minimum atomic E-state index is -0.573. The number of carbonyl (C=O) groups excluding carboxylic acids is 1. The van der Waals surface area contributed by atoms with Crippen LogP contribution in [-0.2, 0) is 17.6 Å². The van der Waals surface area contributed by atoms with Gasteiger partial charge in [-0.25, -0.2) is 0 Å². The van der Waals surface area contributed by atoms with Gasteiger partial charge in [0.15, 0.2) is 0 Å². The number of nitrogens with one attached hydrogen (secondary N) is 2. The van der Waals surface area contributed by atoms with E-state index in [0.29, 0.717) is 6.42 Å². The molecule has 1 unspecified atom stereocenters. The maximum absolute atomic E-state index is 12.5. The number of aromatic nitrogens is 1. The van der Waals surface area contributed by atoms with Crippen LogP contribution in [0, 0.1) is 0 Å². The molecule has 0 saturated heterocycles. The Morgan fingerprint density at radius 2 is 1.88 bits per heavy atom. The molecule has 0 aliphatic heterocycles. The number of para-hydroxylation sites is 1. The quantitative estimate of drug-likeness (QED) is 0.645. The summed E-state index contributed by atoms with van der Waals surface area (Å²) < 4.78 is 0. The first-order valence-corrected chi connectivity index (χ1v) is 8.78. The zero-order valence-corrected chi connectivity index (χ0v) is 14.8. The van der Waals surface area contributed by atoms with Crippen LogP contribution < -0.4 is 11.1 Å². The Balaban J connectivity index is 1.63. The van der Waals surface area contributed by atoms with Gasteiger partial charge < -0.3 is 16.0 Å². The molecule has 0 aliphatic carbocycles. The fourth-order valence-electron chi connectivity index (χ4n) is 3.08. The molecular weight excluding hydrogens is 310 g/mol. The van der Waals surface area contributed by atoms with E-state index < -0.39 is 6.04 Å². The van der Waals surface area contributed by atoms with Gasteiger partial charge in [0.25, 0.3) is 0 Å². The third kappa shape index (κ3) is 3.91. The zero-order valence-electron chi connectivity index (χ0n) is 14.8. The van der Waals surface area contributed by atoms with Crippen LogP contribution in [0.1, 0.15) is 36.6 Å². The second-order valence-electron chi connectivity index (χ2n) is 6.50. The van der Waals surface area contributed by atoms with Crippen LogP contribution in [0.2, 0.25) is 0 Å². The fraction of sp³-hybridized carbons (Fsp3) is 0.286. The molecule has 0 spiro atoms. The highest BCUT2D eigenvalue weighted by atomic mass is 16.2. The Morgan fingerprint density at radius 3 is 2.60 bits per heavy atom. The first-order valence-electron chi connectivity index (χ1n) is 8.78. The Morgan fingerprint density at radius 1 is 1.16 bits per heavy atom. The number of hydrogen-bond acceptors (Lipinski definition) is 2. The summed E-state index contributed by atoms with van der Waals surface area (Å²) in [6.45, 7) is 4.11. The minimum absolute atomic E-state index is 0.0626. The molecule has 0 fully saturated rings. The van der Waals surface area contributed by atoms with Crippen LogP contribution in [0.3, 0.4) is 0 Å². The standard InChI is InChI=1S/C21H25N3O/c1-3-15-8-10-16(11-9-15)14(2)24-21(25)19(22)12-17-13-23-20-7-5-4-6-18(17)20/h4-11,13-14,19,23H,3,12,22H2,1-2H3,(H,24,25)/t14?,19-/m0/s1. The van der Waals surface area contributed by atoms with Crippen molar-refractivity contribution in [2.75, 3.05) is 0 Å². The van der Waals surface area contributed by atoms with Crippen LogP contribution in [0.4, 0.5) is 0 Å². The number of aromatic amines is 1. The summed E-state index contributed by atoms with van der Waals surface area (Å²) >= 11 is 0. The number of H-pyrrole nitrogens is 1. The second kappa shape index (κ2) is 7.53. The highest BCUT2D eigenvalue weighted by molar-refractivity contribution is 5.86. The lowest BCUT2D eigenvalue weighted by atomic mass is 10.0. The molecule has 0 saturated carbocycles. The van der Waals surface area contributed by atoms with Gasteiger partial charge in [-0.15, -0.1) is 0 Å². The van der Waals surface area contributed by atoms with E-state index in [1.165, 1.54) is 5.56 Å². The number of nitrogens with two attached hydrogens (primary N) is 1. The molecule has 0 aliphatic rings. The van der Waals surface area contributed by atoms with Crippen molar-refractivity contribution < 1.29 is 4.79 Å². The lowest BCUT2D eigenvalue weighted by molar-refractivity contribution is -0.123. The van der Waals surface area contributed by atoms with Gasteiger partial charge in [0.05, 0.1) is 12.1 Å². The number of hydrogen-bond donors (Lipinski definition) is 3. The number of aryl methyl sites for hydroxylation is 1. The van der Waals surface area contributed by atoms with Crippen molar-refractivity contribution >= 4 is 16.8 Å². The van der Waals surface area contributed by atoms with Crippen molar-refractivity contribution in [3.8, 4) is 0 Å². The lowest BCUT2D eigenvalue weighted by Gasteiger charge is -2.18. The highest BCUT2D eigenvalue weighted by Gasteiger charge is 2.18. The zero-order chi connectivity index (χ0) is 17.8. The van der Waals surface area contributed by atoms with Crippen LogP contribution >= 0.6 is 0 Å². The van der Waals surface area contributed by atoms with Gasteiger partial charge in [-0.1, -0.05) is 49.4 Å². The molecular formula is C21H25N3O. The van der Waals surface area contributed by atoms with Gasteiger partial charge in [-0.3, -0.25) is 4.79 Å². The molecule has 25 heavy (non-hydrogen) atoms. The van der Waals surface area contributed by atoms with E-state index in [1.54, 1.807) is 0 Å². The molecule has 4 nitrogen and oxygen atoms in total. The Hall–Kier alpha value is -2.59. The minimum Gasteiger partial charge on any atom is -0.361 e. The average Bonchev–Trinajstić information content (AvgIpc) is 3.04. The Bertz CT molecular complexity index is 851. The fourth-order valence-corrected chi connectivity index (χ4v) is 3.08. The van der Waals surface area contributed by atoms with E-state index in [9.17, 15) is 4.79 Å². The van der Waals surface area contributed by atoms with Crippen molar-refractivity contribution in [3.63, 3.8) is 0 Å². The van der Waals surface area contributed by atoms with E-state index in [-0.39, 0.29) is 11.9 Å². The summed E-state index contributed by atoms with van der Waals surface area (Å²) in [5, 5.41) is 4.14. The van der Waals surface area contributed by atoms with E-state index in [4.69, 9.17) is 5.73 Å². The molecule has 3 rings (SSSR count). The maximum atomic E-state index is 12.5. The van der Waals surface area contributed by atoms with Gasteiger partial charge in [-0.2, -0.15) is 0 Å². The third-order valence-electron chi connectivity index (χ3n) is 4.70. The summed E-state index contributed by atoms with van der Waals surface area (Å²) in [5.74, 6) is -0.127. The lowest BCUT2D eigenvalue weighted by Crippen LogP contribution is -2.42. The van der Waals surface area contributed by atoms with E-state index in [2.05, 4.69) is 41.5 Å². The number of carbonyl (C=O) groups is 1. The number of amides is 1. The molecule has 2 aromatic carbocycles. The molecule has 0 bridgehead atoms. The summed E-state index contributed by atoms with van der Waals surface area (Å²) in [4.78, 5) is 15.7. The normalized spacial score (nSPS) is 13.6. The Kier molecular flexibility index (Phi) is 5.19. The first-order chi connectivity index (χ1) is 12.1. The third-order valence-corrected chi connectivity index (χ3v) is 4.70. The largest absolute Gasteiger partial charge is 0.361 e. The van der Waals surface area contributed by atoms with Crippen LogP contribution in [-0.4, -0.2) is 16.9 Å². The summed E-state index contributed by atoms with van der Waals surface area (Å²) in [7, 11) is 0. The highest BCUT2D eigenvalue weighted by Crippen LogP contribution is 2.19. The molecule has 130 valence electrons.